The van der Waals surface area contributed by atoms with E-state index in [1.54, 1.807) is 40.8 Å². The van der Waals surface area contributed by atoms with E-state index in [2.05, 4.69) is 19.9 Å². The number of rotatable bonds is 15. The Bertz CT molecular complexity index is 1700. The molecule has 1 fully saturated rings. The number of benzene rings is 3. The van der Waals surface area contributed by atoms with E-state index in [0.29, 0.717) is 40.8 Å². The number of imidazole rings is 1. The number of halogens is 4. The highest BCUT2D eigenvalue weighted by Crippen LogP contribution is 2.38. The van der Waals surface area contributed by atoms with E-state index in [9.17, 15) is 22.4 Å². The molecule has 1 unspecified atom stereocenters. The molecular formula is C36H43F4N5O5. The summed E-state index contributed by atoms with van der Waals surface area (Å²) < 4.78 is 73.9. The van der Waals surface area contributed by atoms with E-state index in [1.807, 2.05) is 24.3 Å². The van der Waals surface area contributed by atoms with Crippen LogP contribution in [0.1, 0.15) is 41.1 Å². The second-order valence-electron chi connectivity index (χ2n) is 12.3. The summed E-state index contributed by atoms with van der Waals surface area (Å²) in [5.41, 5.74) is 2.75. The van der Waals surface area contributed by atoms with Crippen molar-refractivity contribution in [3.8, 4) is 17.2 Å². The normalized spacial score (nSPS) is 14.8. The van der Waals surface area contributed by atoms with Crippen LogP contribution in [-0.4, -0.2) is 98.8 Å². The number of para-hydroxylation sites is 2. The molecule has 0 radical (unpaired) electrons. The lowest BCUT2D eigenvalue weighted by Gasteiger charge is -2.34. The summed E-state index contributed by atoms with van der Waals surface area (Å²) in [5, 5.41) is 3.46. The zero-order chi connectivity index (χ0) is 35.8. The second-order valence-corrected chi connectivity index (χ2v) is 12.3. The first-order valence-electron chi connectivity index (χ1n) is 16.5. The lowest BCUT2D eigenvalue weighted by molar-refractivity contribution is -0.325. The maximum atomic E-state index is 13.9. The molecule has 0 spiro atoms. The van der Waals surface area contributed by atoms with E-state index >= 15 is 0 Å². The number of piperidine rings is 1. The molecule has 50 heavy (non-hydrogen) atoms. The molecule has 10 nitrogen and oxygen atoms in total. The van der Waals surface area contributed by atoms with Crippen LogP contribution in [0.25, 0.3) is 11.0 Å². The number of likely N-dealkylation sites (tertiary alicyclic amines) is 1. The van der Waals surface area contributed by atoms with Gasteiger partial charge in [0.25, 0.3) is 5.91 Å². The largest absolute Gasteiger partial charge is 0.522 e. The molecule has 2 heterocycles. The van der Waals surface area contributed by atoms with Crippen LogP contribution in [0.15, 0.2) is 60.7 Å². The van der Waals surface area contributed by atoms with Gasteiger partial charge in [-0.15, -0.1) is 13.2 Å². The maximum absolute atomic E-state index is 13.9. The molecule has 5 rings (SSSR count). The zero-order valence-corrected chi connectivity index (χ0v) is 28.6. The van der Waals surface area contributed by atoms with Gasteiger partial charge >= 0.3 is 6.36 Å². The number of ether oxygens (including phenoxy) is 4. The second kappa shape index (κ2) is 16.4. The third kappa shape index (κ3) is 9.16. The monoisotopic (exact) mass is 701 g/mol. The smallest absolute Gasteiger partial charge is 0.493 e. The topological polar surface area (TPSA) is 90.3 Å². The van der Waals surface area contributed by atoms with Gasteiger partial charge in [-0.25, -0.2) is 9.37 Å². The number of alkyl halides is 3. The van der Waals surface area contributed by atoms with E-state index in [4.69, 9.17) is 14.2 Å². The van der Waals surface area contributed by atoms with Gasteiger partial charge in [0.2, 0.25) is 11.7 Å². The van der Waals surface area contributed by atoms with Crippen molar-refractivity contribution in [3.05, 3.63) is 77.6 Å². The summed E-state index contributed by atoms with van der Waals surface area (Å²) in [4.78, 5) is 22.3. The Kier molecular flexibility index (Phi) is 12.1. The minimum atomic E-state index is -4.70. The number of carbonyl (C=O) groups is 1. The van der Waals surface area contributed by atoms with Crippen molar-refractivity contribution >= 4 is 22.9 Å². The number of hydrogen-bond donors (Lipinski definition) is 1. The first-order chi connectivity index (χ1) is 24.0. The molecule has 0 bridgehead atoms. The quantitative estimate of drug-likeness (QED) is 0.140. The van der Waals surface area contributed by atoms with Gasteiger partial charge in [-0.2, -0.15) is 0 Å². The summed E-state index contributed by atoms with van der Waals surface area (Å²) in [7, 11) is 6.22. The average molecular weight is 702 g/mol. The van der Waals surface area contributed by atoms with Gasteiger partial charge in [0, 0.05) is 50.7 Å². The number of amides is 1. The van der Waals surface area contributed by atoms with Gasteiger partial charge < -0.3 is 33.9 Å². The van der Waals surface area contributed by atoms with Crippen molar-refractivity contribution < 1.29 is 41.3 Å². The van der Waals surface area contributed by atoms with Crippen LogP contribution >= 0.6 is 0 Å². The third-order valence-corrected chi connectivity index (χ3v) is 9.04. The fraction of sp³-hybridized carbons (Fsp3) is 0.444. The summed E-state index contributed by atoms with van der Waals surface area (Å²) in [6.45, 7) is 2.23. The Labute approximate surface area is 288 Å². The van der Waals surface area contributed by atoms with Gasteiger partial charge in [0.1, 0.15) is 5.82 Å². The Morgan fingerprint density at radius 3 is 2.26 bits per heavy atom. The Morgan fingerprint density at radius 1 is 0.980 bits per heavy atom. The summed E-state index contributed by atoms with van der Waals surface area (Å²) >= 11 is 0. The molecule has 1 aliphatic rings. The average Bonchev–Trinajstić information content (AvgIpc) is 3.45. The SMILES string of the molecule is COc1cc(C(=O)N(C)CC(CCN2CCC(Nc3nc4ccccc4n3CCOC(F)(F)F)CC2)c2ccc(F)cc2)cc(OC)c1OC. The third-order valence-electron chi connectivity index (χ3n) is 9.04. The summed E-state index contributed by atoms with van der Waals surface area (Å²) in [5.74, 6) is 1.05. The molecule has 4 aromatic rings. The molecule has 270 valence electrons. The van der Waals surface area contributed by atoms with Crippen molar-refractivity contribution in [1.29, 1.82) is 0 Å². The lowest BCUT2D eigenvalue weighted by Crippen LogP contribution is -2.40. The number of fused-ring (bicyclic) bond motifs is 1. The lowest BCUT2D eigenvalue weighted by atomic mass is 9.94. The van der Waals surface area contributed by atoms with E-state index in [-0.39, 0.29) is 30.2 Å². The molecule has 3 aromatic carbocycles. The van der Waals surface area contributed by atoms with Gasteiger partial charge in [-0.05, 0) is 67.8 Å². The molecule has 14 heteroatoms. The highest BCUT2D eigenvalue weighted by molar-refractivity contribution is 5.95. The first-order valence-corrected chi connectivity index (χ1v) is 16.5. The van der Waals surface area contributed by atoms with Crippen molar-refractivity contribution in [2.24, 2.45) is 0 Å². The predicted octanol–water partition coefficient (Wildman–Crippen LogP) is 6.56. The van der Waals surface area contributed by atoms with Crippen molar-refractivity contribution in [3.63, 3.8) is 0 Å². The Morgan fingerprint density at radius 2 is 1.64 bits per heavy atom. The molecule has 1 atom stereocenters. The number of hydrogen-bond acceptors (Lipinski definition) is 8. The standard InChI is InChI=1S/C36H43F4N5O5/c1-43(34(46)26-21-31(47-2)33(49-4)32(22-26)48-3)23-25(24-9-11-27(37)12-10-24)13-16-44-17-14-28(15-18-44)41-35-42-29-7-5-6-8-30(29)45(35)19-20-50-36(38,39)40/h5-12,21-22,25,28H,13-20,23H2,1-4H3,(H,41,42). The molecule has 1 aliphatic heterocycles. The molecule has 1 amide bonds. The van der Waals surface area contributed by atoms with Crippen molar-refractivity contribution in [2.75, 3.05) is 66.5 Å². The van der Waals surface area contributed by atoms with Crippen LogP contribution in [0.2, 0.25) is 0 Å². The minimum Gasteiger partial charge on any atom is -0.493 e. The van der Waals surface area contributed by atoms with Gasteiger partial charge in [-0.1, -0.05) is 24.3 Å². The number of nitrogens with one attached hydrogen (secondary N) is 1. The summed E-state index contributed by atoms with van der Waals surface area (Å²) in [6, 6.07) is 17.1. The predicted molar refractivity (Wildman–Crippen MR) is 182 cm³/mol. The van der Waals surface area contributed by atoms with E-state index in [0.717, 1.165) is 50.0 Å². The van der Waals surface area contributed by atoms with E-state index < -0.39 is 13.0 Å². The Hall–Kier alpha value is -4.56. The van der Waals surface area contributed by atoms with Crippen LogP contribution in [0, 0.1) is 5.82 Å². The molecule has 1 aromatic heterocycles. The number of nitrogens with zero attached hydrogens (tertiary/aromatic N) is 4. The molecular weight excluding hydrogens is 658 g/mol. The molecule has 1 N–H and O–H groups in total. The number of carbonyl (C=O) groups excluding carboxylic acids is 1. The van der Waals surface area contributed by atoms with Crippen LogP contribution in [0.4, 0.5) is 23.5 Å². The minimum absolute atomic E-state index is 0.00246. The van der Waals surface area contributed by atoms with Crippen LogP contribution in [0.5, 0.6) is 17.2 Å². The van der Waals surface area contributed by atoms with Crippen LogP contribution in [0.3, 0.4) is 0 Å². The molecule has 0 aliphatic carbocycles. The number of aromatic nitrogens is 2. The van der Waals surface area contributed by atoms with E-state index in [1.165, 1.54) is 33.5 Å². The van der Waals surface area contributed by atoms with Crippen molar-refractivity contribution in [1.82, 2.24) is 19.4 Å². The first kappa shape index (κ1) is 36.7. The number of likely N-dealkylation sites (N-methyl/N-ethyl adjacent to an activating group) is 1. The Balaban J connectivity index is 1.21. The highest BCUT2D eigenvalue weighted by atomic mass is 19.4. The fourth-order valence-corrected chi connectivity index (χ4v) is 6.42. The highest BCUT2D eigenvalue weighted by Gasteiger charge is 2.29. The van der Waals surface area contributed by atoms with Crippen LogP contribution < -0.4 is 19.5 Å². The van der Waals surface area contributed by atoms with Gasteiger partial charge in [0.15, 0.2) is 11.5 Å². The van der Waals surface area contributed by atoms with Crippen molar-refractivity contribution in [2.45, 2.75) is 44.1 Å². The molecule has 1 saturated heterocycles. The zero-order valence-electron chi connectivity index (χ0n) is 28.6. The van der Waals surface area contributed by atoms with Gasteiger partial charge in [0.05, 0.1) is 39.0 Å². The number of methoxy groups -OCH3 is 3. The molecule has 0 saturated carbocycles. The maximum Gasteiger partial charge on any atom is 0.522 e. The summed E-state index contributed by atoms with van der Waals surface area (Å²) in [6.07, 6.45) is -2.35. The van der Waals surface area contributed by atoms with Crippen LogP contribution in [-0.2, 0) is 11.3 Å². The number of anilines is 1. The fourth-order valence-electron chi connectivity index (χ4n) is 6.42. The van der Waals surface area contributed by atoms with Gasteiger partial charge in [-0.3, -0.25) is 9.53 Å².